The van der Waals surface area contributed by atoms with Gasteiger partial charge in [-0.25, -0.2) is 0 Å². The Labute approximate surface area is 196 Å². The monoisotopic (exact) mass is 448 g/mol. The zero-order chi connectivity index (χ0) is 22.9. The molecule has 0 spiro atoms. The first-order chi connectivity index (χ1) is 15.3. The zero-order valence-corrected chi connectivity index (χ0v) is 21.1. The molecule has 0 bridgehead atoms. The summed E-state index contributed by atoms with van der Waals surface area (Å²) in [6.45, 7) is 11.8. The SMILES string of the molecule is CCOCCO[C@@H]1CC[C@@]2(C)[C@H](CC[C@@H]3[C@@H]2CC[C@]2(C)[C@@H]([C@H](C)CCC(=O)O)CC[C@@H]32)C1. The lowest BCUT2D eigenvalue weighted by molar-refractivity contribution is -0.140. The minimum atomic E-state index is -0.635. The lowest BCUT2D eigenvalue weighted by Gasteiger charge is -2.61. The van der Waals surface area contributed by atoms with Crippen LogP contribution in [-0.2, 0) is 14.3 Å². The molecule has 0 unspecified atom stereocenters. The first-order valence-corrected chi connectivity index (χ1v) is 13.7. The molecule has 4 aliphatic carbocycles. The highest BCUT2D eigenvalue weighted by molar-refractivity contribution is 5.66. The fraction of sp³-hybridized carbons (Fsp3) is 0.964. The Morgan fingerprint density at radius 2 is 1.75 bits per heavy atom. The second-order valence-corrected chi connectivity index (χ2v) is 12.3. The summed E-state index contributed by atoms with van der Waals surface area (Å²) < 4.78 is 11.7. The van der Waals surface area contributed by atoms with Gasteiger partial charge in [-0.3, -0.25) is 4.79 Å². The van der Waals surface area contributed by atoms with E-state index in [1.807, 2.05) is 6.92 Å². The predicted molar refractivity (Wildman–Crippen MR) is 127 cm³/mol. The molecule has 4 saturated carbocycles. The molecule has 0 aromatic carbocycles. The van der Waals surface area contributed by atoms with Gasteiger partial charge in [-0.2, -0.15) is 0 Å². The van der Waals surface area contributed by atoms with Crippen LogP contribution in [0.25, 0.3) is 0 Å². The third-order valence-corrected chi connectivity index (χ3v) is 11.0. The van der Waals surface area contributed by atoms with Crippen molar-refractivity contribution in [2.24, 2.45) is 46.3 Å². The highest BCUT2D eigenvalue weighted by Crippen LogP contribution is 2.68. The van der Waals surface area contributed by atoms with Gasteiger partial charge in [0, 0.05) is 13.0 Å². The van der Waals surface area contributed by atoms with Gasteiger partial charge in [0.15, 0.2) is 0 Å². The van der Waals surface area contributed by atoms with Crippen LogP contribution >= 0.6 is 0 Å². The lowest BCUT2D eigenvalue weighted by atomic mass is 9.44. The molecule has 4 rings (SSSR count). The van der Waals surface area contributed by atoms with Crippen molar-refractivity contribution in [2.45, 2.75) is 104 Å². The topological polar surface area (TPSA) is 55.8 Å². The normalized spacial score (nSPS) is 44.4. The Balaban J connectivity index is 1.39. The minimum absolute atomic E-state index is 0.331. The van der Waals surface area contributed by atoms with Gasteiger partial charge < -0.3 is 14.6 Å². The molecular formula is C28H48O4. The fourth-order valence-corrected chi connectivity index (χ4v) is 9.32. The van der Waals surface area contributed by atoms with Crippen molar-refractivity contribution in [3.8, 4) is 0 Å². The Kier molecular flexibility index (Phi) is 7.61. The number of carbonyl (C=O) groups is 1. The summed E-state index contributed by atoms with van der Waals surface area (Å²) in [5.41, 5.74) is 0.929. The third kappa shape index (κ3) is 4.52. The standard InChI is InChI=1S/C28H48O4/c1-5-31-16-17-32-21-12-14-27(3)20(18-21)7-8-22-24-10-9-23(19(2)6-11-26(29)30)28(24,4)15-13-25(22)27/h19-25H,5-18H2,1-4H3,(H,29,30)/t19-,20-,21-,22+,23-,24+,25+,27+,28-/m1/s1. The number of rotatable bonds is 9. The van der Waals surface area contributed by atoms with Crippen molar-refractivity contribution in [2.75, 3.05) is 19.8 Å². The molecule has 0 aromatic rings. The van der Waals surface area contributed by atoms with Crippen molar-refractivity contribution >= 4 is 5.97 Å². The first kappa shape index (κ1) is 24.5. The average Bonchev–Trinajstić information content (AvgIpc) is 3.12. The maximum atomic E-state index is 11.1. The molecule has 0 amide bonds. The van der Waals surface area contributed by atoms with E-state index in [4.69, 9.17) is 14.6 Å². The molecule has 184 valence electrons. The van der Waals surface area contributed by atoms with Crippen molar-refractivity contribution in [1.82, 2.24) is 0 Å². The molecule has 1 N–H and O–H groups in total. The van der Waals surface area contributed by atoms with E-state index < -0.39 is 5.97 Å². The maximum absolute atomic E-state index is 11.1. The maximum Gasteiger partial charge on any atom is 0.303 e. The van der Waals surface area contributed by atoms with Crippen LogP contribution in [0.1, 0.15) is 98.3 Å². The predicted octanol–water partition coefficient (Wildman–Crippen LogP) is 6.57. The van der Waals surface area contributed by atoms with E-state index in [1.165, 1.54) is 57.8 Å². The molecule has 0 aliphatic heterocycles. The Morgan fingerprint density at radius 3 is 2.50 bits per heavy atom. The molecule has 4 heteroatoms. The quantitative estimate of drug-likeness (QED) is 0.405. The Morgan fingerprint density at radius 1 is 1.00 bits per heavy atom. The first-order valence-electron chi connectivity index (χ1n) is 13.7. The minimum Gasteiger partial charge on any atom is -0.481 e. The molecule has 32 heavy (non-hydrogen) atoms. The van der Waals surface area contributed by atoms with Crippen LogP contribution in [0.2, 0.25) is 0 Å². The van der Waals surface area contributed by atoms with E-state index in [2.05, 4.69) is 20.8 Å². The third-order valence-electron chi connectivity index (χ3n) is 11.0. The Hall–Kier alpha value is -0.610. The van der Waals surface area contributed by atoms with E-state index in [1.54, 1.807) is 0 Å². The lowest BCUT2D eigenvalue weighted by Crippen LogP contribution is -2.54. The van der Waals surface area contributed by atoms with Crippen LogP contribution in [0.4, 0.5) is 0 Å². The molecule has 0 aromatic heterocycles. The molecule has 9 atom stereocenters. The summed E-state index contributed by atoms with van der Waals surface area (Å²) in [4.78, 5) is 11.1. The van der Waals surface area contributed by atoms with Gasteiger partial charge in [0.25, 0.3) is 0 Å². The largest absolute Gasteiger partial charge is 0.481 e. The van der Waals surface area contributed by atoms with E-state index in [9.17, 15) is 4.79 Å². The van der Waals surface area contributed by atoms with Gasteiger partial charge in [0.05, 0.1) is 19.3 Å². The van der Waals surface area contributed by atoms with E-state index in [-0.39, 0.29) is 0 Å². The number of carboxylic acids is 1. The molecule has 0 heterocycles. The van der Waals surface area contributed by atoms with Crippen molar-refractivity contribution < 1.29 is 19.4 Å². The van der Waals surface area contributed by atoms with Crippen LogP contribution < -0.4 is 0 Å². The van der Waals surface area contributed by atoms with Gasteiger partial charge >= 0.3 is 5.97 Å². The van der Waals surface area contributed by atoms with Gasteiger partial charge in [-0.1, -0.05) is 20.8 Å². The number of carboxylic acid groups (broad SMARTS) is 1. The van der Waals surface area contributed by atoms with Crippen molar-refractivity contribution in [1.29, 1.82) is 0 Å². The van der Waals surface area contributed by atoms with Gasteiger partial charge in [0.2, 0.25) is 0 Å². The van der Waals surface area contributed by atoms with Crippen LogP contribution in [0, 0.1) is 46.3 Å². The highest BCUT2D eigenvalue weighted by atomic mass is 16.5. The summed E-state index contributed by atoms with van der Waals surface area (Å²) in [5, 5.41) is 9.17. The van der Waals surface area contributed by atoms with Crippen LogP contribution in [0.3, 0.4) is 0 Å². The van der Waals surface area contributed by atoms with Crippen molar-refractivity contribution in [3.05, 3.63) is 0 Å². The highest BCUT2D eigenvalue weighted by Gasteiger charge is 2.60. The number of hydrogen-bond acceptors (Lipinski definition) is 3. The number of fused-ring (bicyclic) bond motifs is 5. The van der Waals surface area contributed by atoms with E-state index >= 15 is 0 Å². The second kappa shape index (κ2) is 9.94. The summed E-state index contributed by atoms with van der Waals surface area (Å²) in [7, 11) is 0. The summed E-state index contributed by atoms with van der Waals surface area (Å²) >= 11 is 0. The van der Waals surface area contributed by atoms with Gasteiger partial charge in [-0.05, 0) is 117 Å². The summed E-state index contributed by atoms with van der Waals surface area (Å²) in [6.07, 6.45) is 13.7. The fourth-order valence-electron chi connectivity index (χ4n) is 9.32. The average molecular weight is 449 g/mol. The Bertz CT molecular complexity index is 649. The van der Waals surface area contributed by atoms with Gasteiger partial charge in [-0.15, -0.1) is 0 Å². The summed E-state index contributed by atoms with van der Waals surface area (Å²) in [5.74, 6) is 4.08. The number of hydrogen-bond donors (Lipinski definition) is 1. The summed E-state index contributed by atoms with van der Waals surface area (Å²) in [6, 6.07) is 0. The number of aliphatic carboxylic acids is 1. The molecule has 4 fully saturated rings. The molecule has 4 aliphatic rings. The van der Waals surface area contributed by atoms with Crippen LogP contribution in [0.5, 0.6) is 0 Å². The van der Waals surface area contributed by atoms with Crippen LogP contribution in [0.15, 0.2) is 0 Å². The zero-order valence-electron chi connectivity index (χ0n) is 21.1. The molecular weight excluding hydrogens is 400 g/mol. The van der Waals surface area contributed by atoms with E-state index in [0.29, 0.717) is 35.2 Å². The molecule has 0 saturated heterocycles. The van der Waals surface area contributed by atoms with Gasteiger partial charge in [0.1, 0.15) is 0 Å². The molecule has 0 radical (unpaired) electrons. The molecule has 4 nitrogen and oxygen atoms in total. The second-order valence-electron chi connectivity index (χ2n) is 12.3. The van der Waals surface area contributed by atoms with Crippen LogP contribution in [-0.4, -0.2) is 37.0 Å². The van der Waals surface area contributed by atoms with Crippen molar-refractivity contribution in [3.63, 3.8) is 0 Å². The smallest absolute Gasteiger partial charge is 0.303 e. The van der Waals surface area contributed by atoms with E-state index in [0.717, 1.165) is 49.9 Å². The number of ether oxygens (including phenoxy) is 2.